The van der Waals surface area contributed by atoms with Crippen molar-refractivity contribution in [3.8, 4) is 5.75 Å². The number of nitrogens with one attached hydrogen (secondary N) is 1. The Bertz CT molecular complexity index is 540. The summed E-state index contributed by atoms with van der Waals surface area (Å²) in [6.45, 7) is 2.27. The molecule has 0 aromatic heterocycles. The molecule has 0 radical (unpaired) electrons. The molecule has 0 bridgehead atoms. The van der Waals surface area contributed by atoms with Crippen LogP contribution in [0, 0.1) is 12.8 Å². The van der Waals surface area contributed by atoms with Crippen LogP contribution in [0.1, 0.15) is 36.8 Å². The molecule has 1 aromatic carbocycles. The van der Waals surface area contributed by atoms with Gasteiger partial charge in [-0.1, -0.05) is 12.1 Å². The van der Waals surface area contributed by atoms with Gasteiger partial charge in [0.05, 0.1) is 0 Å². The van der Waals surface area contributed by atoms with E-state index in [4.69, 9.17) is 4.74 Å². The lowest BCUT2D eigenvalue weighted by atomic mass is 9.62. The van der Waals surface area contributed by atoms with Crippen molar-refractivity contribution in [2.24, 2.45) is 5.92 Å². The molecule has 2 heteroatoms. The lowest BCUT2D eigenvalue weighted by Gasteiger charge is -2.42. The Morgan fingerprint density at radius 3 is 3.22 bits per heavy atom. The van der Waals surface area contributed by atoms with Gasteiger partial charge in [0.2, 0.25) is 0 Å². The summed E-state index contributed by atoms with van der Waals surface area (Å²) in [5, 5.41) is 3.67. The SMILES string of the molecule is Cc1cccc2c1[C@]13CC4N[C@H]4C1CCCC3O2. The molecule has 2 heterocycles. The zero-order valence-corrected chi connectivity index (χ0v) is 10.8. The standard InChI is InChI=1S/C16H19NO/c1-9-4-2-6-12-14(9)16-8-11-15(17-11)10(16)5-3-7-13(16)18-12/h2,4,6,10-11,13,15,17H,3,5,7-8H2,1H3/t10?,11?,13?,15-,16+/m0/s1. The molecule has 2 saturated carbocycles. The molecule has 2 aliphatic heterocycles. The highest BCUT2D eigenvalue weighted by Gasteiger charge is 2.68. The van der Waals surface area contributed by atoms with Gasteiger partial charge >= 0.3 is 0 Å². The summed E-state index contributed by atoms with van der Waals surface area (Å²) in [4.78, 5) is 0. The second kappa shape index (κ2) is 2.93. The Labute approximate surface area is 108 Å². The predicted octanol–water partition coefficient (Wildman–Crippen LogP) is 2.54. The average Bonchev–Trinajstić information content (AvgIpc) is 2.92. The quantitative estimate of drug-likeness (QED) is 0.708. The van der Waals surface area contributed by atoms with Crippen molar-refractivity contribution in [3.63, 3.8) is 0 Å². The third kappa shape index (κ3) is 0.934. The smallest absolute Gasteiger partial charge is 0.123 e. The first-order chi connectivity index (χ1) is 8.80. The molecule has 94 valence electrons. The van der Waals surface area contributed by atoms with Gasteiger partial charge in [-0.05, 0) is 50.2 Å². The molecule has 18 heavy (non-hydrogen) atoms. The number of rotatable bonds is 0. The maximum atomic E-state index is 6.34. The van der Waals surface area contributed by atoms with Crippen LogP contribution in [0.25, 0.3) is 0 Å². The second-order valence-corrected chi connectivity index (χ2v) is 6.64. The van der Waals surface area contributed by atoms with Crippen LogP contribution in [0.2, 0.25) is 0 Å². The van der Waals surface area contributed by atoms with Crippen LogP contribution in [0.15, 0.2) is 18.2 Å². The fraction of sp³-hybridized carbons (Fsp3) is 0.625. The Morgan fingerprint density at radius 1 is 1.33 bits per heavy atom. The number of ether oxygens (including phenoxy) is 1. The molecule has 3 fully saturated rings. The third-order valence-electron chi connectivity index (χ3n) is 5.91. The summed E-state index contributed by atoms with van der Waals surface area (Å²) in [6, 6.07) is 8.17. The van der Waals surface area contributed by atoms with E-state index in [2.05, 4.69) is 30.4 Å². The minimum Gasteiger partial charge on any atom is -0.489 e. The van der Waals surface area contributed by atoms with Crippen LogP contribution in [-0.4, -0.2) is 18.2 Å². The summed E-state index contributed by atoms with van der Waals surface area (Å²) in [5.41, 5.74) is 3.37. The number of piperidine rings is 1. The predicted molar refractivity (Wildman–Crippen MR) is 69.9 cm³/mol. The van der Waals surface area contributed by atoms with E-state index in [1.165, 1.54) is 37.0 Å². The van der Waals surface area contributed by atoms with E-state index in [0.29, 0.717) is 11.5 Å². The van der Waals surface area contributed by atoms with E-state index in [1.54, 1.807) is 5.56 Å². The normalized spacial score (nSPS) is 46.7. The van der Waals surface area contributed by atoms with Gasteiger partial charge < -0.3 is 10.1 Å². The molecule has 1 N–H and O–H groups in total. The Kier molecular flexibility index (Phi) is 1.60. The fourth-order valence-electron chi connectivity index (χ4n) is 5.30. The van der Waals surface area contributed by atoms with Crippen molar-refractivity contribution in [3.05, 3.63) is 29.3 Å². The summed E-state index contributed by atoms with van der Waals surface area (Å²) in [6.07, 6.45) is 5.76. The third-order valence-corrected chi connectivity index (χ3v) is 5.91. The molecule has 3 unspecified atom stereocenters. The van der Waals surface area contributed by atoms with Crippen LogP contribution in [0.5, 0.6) is 5.75 Å². The van der Waals surface area contributed by atoms with Gasteiger partial charge in [0.25, 0.3) is 0 Å². The number of benzene rings is 1. The lowest BCUT2D eigenvalue weighted by molar-refractivity contribution is 0.0615. The van der Waals surface area contributed by atoms with Gasteiger partial charge in [-0.15, -0.1) is 0 Å². The molecule has 2 nitrogen and oxygen atoms in total. The van der Waals surface area contributed by atoms with E-state index >= 15 is 0 Å². The molecule has 5 rings (SSSR count). The first-order valence-electron chi connectivity index (χ1n) is 7.33. The molecule has 5 atom stereocenters. The van der Waals surface area contributed by atoms with Crippen molar-refractivity contribution >= 4 is 0 Å². The monoisotopic (exact) mass is 241 g/mol. The number of aryl methyl sites for hydroxylation is 1. The largest absolute Gasteiger partial charge is 0.489 e. The Hall–Kier alpha value is -1.02. The molecule has 0 amide bonds. The summed E-state index contributed by atoms with van der Waals surface area (Å²) < 4.78 is 6.34. The molecule has 4 aliphatic rings. The molecule has 1 aromatic rings. The maximum absolute atomic E-state index is 6.34. The van der Waals surface area contributed by atoms with E-state index in [-0.39, 0.29) is 0 Å². The van der Waals surface area contributed by atoms with Gasteiger partial charge in [0, 0.05) is 23.1 Å². The Balaban J connectivity index is 1.76. The maximum Gasteiger partial charge on any atom is 0.123 e. The Morgan fingerprint density at radius 2 is 2.28 bits per heavy atom. The topological polar surface area (TPSA) is 31.2 Å². The first-order valence-corrected chi connectivity index (χ1v) is 7.33. The second-order valence-electron chi connectivity index (χ2n) is 6.64. The van der Waals surface area contributed by atoms with E-state index in [0.717, 1.165) is 18.0 Å². The van der Waals surface area contributed by atoms with Gasteiger partial charge in [0.1, 0.15) is 11.9 Å². The highest BCUT2D eigenvalue weighted by Crippen LogP contribution is 2.63. The van der Waals surface area contributed by atoms with Gasteiger partial charge in [-0.2, -0.15) is 0 Å². The van der Waals surface area contributed by atoms with Gasteiger partial charge in [-0.3, -0.25) is 0 Å². The summed E-state index contributed by atoms with van der Waals surface area (Å²) in [5.74, 6) is 2.01. The number of hydrogen-bond donors (Lipinski definition) is 1. The van der Waals surface area contributed by atoms with Crippen molar-refractivity contribution in [2.75, 3.05) is 0 Å². The van der Waals surface area contributed by atoms with Crippen LogP contribution in [0.4, 0.5) is 0 Å². The molecule has 1 spiro atoms. The number of fused-ring (bicyclic) bond motifs is 3. The molecular weight excluding hydrogens is 222 g/mol. The van der Waals surface area contributed by atoms with Crippen LogP contribution >= 0.6 is 0 Å². The first kappa shape index (κ1) is 9.85. The highest BCUT2D eigenvalue weighted by molar-refractivity contribution is 5.53. The highest BCUT2D eigenvalue weighted by atomic mass is 16.5. The summed E-state index contributed by atoms with van der Waals surface area (Å²) >= 11 is 0. The molecule has 2 aliphatic carbocycles. The summed E-state index contributed by atoms with van der Waals surface area (Å²) in [7, 11) is 0. The minimum absolute atomic E-state index is 0.361. The molecule has 1 saturated heterocycles. The van der Waals surface area contributed by atoms with Crippen molar-refractivity contribution < 1.29 is 4.74 Å². The molecular formula is C16H19NO. The minimum atomic E-state index is 0.361. The van der Waals surface area contributed by atoms with Crippen molar-refractivity contribution in [2.45, 2.75) is 56.2 Å². The van der Waals surface area contributed by atoms with Crippen LogP contribution < -0.4 is 10.1 Å². The van der Waals surface area contributed by atoms with E-state index in [1.807, 2.05) is 0 Å². The van der Waals surface area contributed by atoms with Crippen molar-refractivity contribution in [1.29, 1.82) is 0 Å². The van der Waals surface area contributed by atoms with Crippen molar-refractivity contribution in [1.82, 2.24) is 5.32 Å². The zero-order chi connectivity index (χ0) is 11.9. The van der Waals surface area contributed by atoms with Crippen LogP contribution in [0.3, 0.4) is 0 Å². The average molecular weight is 241 g/mol. The van der Waals surface area contributed by atoms with Gasteiger partial charge in [0.15, 0.2) is 0 Å². The van der Waals surface area contributed by atoms with Crippen LogP contribution in [-0.2, 0) is 5.41 Å². The zero-order valence-electron chi connectivity index (χ0n) is 10.8. The lowest BCUT2D eigenvalue weighted by Crippen LogP contribution is -2.48. The fourth-order valence-corrected chi connectivity index (χ4v) is 5.30. The van der Waals surface area contributed by atoms with E-state index in [9.17, 15) is 0 Å². The van der Waals surface area contributed by atoms with Gasteiger partial charge in [-0.25, -0.2) is 0 Å². The number of hydrogen-bond acceptors (Lipinski definition) is 2. The van der Waals surface area contributed by atoms with E-state index < -0.39 is 0 Å².